The molecule has 150 valence electrons. The van der Waals surface area contributed by atoms with E-state index in [0.29, 0.717) is 11.3 Å². The molecule has 0 saturated carbocycles. The number of nitrogens with zero attached hydrogens (tertiary/aromatic N) is 3. The maximum Gasteiger partial charge on any atom is 0.414 e. The number of carbonyl (C=O) groups is 2. The van der Waals surface area contributed by atoms with Crippen molar-refractivity contribution >= 4 is 17.7 Å². The van der Waals surface area contributed by atoms with Gasteiger partial charge in [0.1, 0.15) is 6.61 Å². The number of cyclic esters (lactones) is 1. The van der Waals surface area contributed by atoms with Gasteiger partial charge < -0.3 is 9.64 Å². The highest BCUT2D eigenvalue weighted by atomic mass is 16.6. The lowest BCUT2D eigenvalue weighted by molar-refractivity contribution is -0.133. The third-order valence-electron chi connectivity index (χ3n) is 6.50. The normalized spacial score (nSPS) is 25.2. The van der Waals surface area contributed by atoms with E-state index in [4.69, 9.17) is 8.85 Å². The van der Waals surface area contributed by atoms with Crippen LogP contribution in [0.5, 0.6) is 0 Å². The first-order valence-electron chi connectivity index (χ1n) is 11.7. The summed E-state index contributed by atoms with van der Waals surface area (Å²) in [7, 11) is 0. The van der Waals surface area contributed by atoms with E-state index in [0.717, 1.165) is 53.8 Å². The fourth-order valence-corrected chi connectivity index (χ4v) is 4.92. The Hall–Kier alpha value is -2.89. The summed E-state index contributed by atoms with van der Waals surface area (Å²) < 4.78 is 28.1. The van der Waals surface area contributed by atoms with E-state index in [-0.39, 0.29) is 24.5 Å². The van der Waals surface area contributed by atoms with Crippen molar-refractivity contribution in [3.63, 3.8) is 0 Å². The molecule has 0 bridgehead atoms. The number of ether oxygens (including phenoxy) is 1. The molecule has 1 aromatic carbocycles. The average molecular weight is 394 g/mol. The Labute approximate surface area is 174 Å². The van der Waals surface area contributed by atoms with E-state index in [1.165, 1.54) is 5.56 Å². The number of likely N-dealkylation sites (tertiary alicyclic amines) is 1. The molecular weight excluding hydrogens is 366 g/mol. The van der Waals surface area contributed by atoms with Crippen LogP contribution in [-0.2, 0) is 22.6 Å². The number of amides is 2. The van der Waals surface area contributed by atoms with E-state index < -0.39 is 13.1 Å². The molecule has 0 N–H and O–H groups in total. The average Bonchev–Trinajstić information content (AvgIpc) is 3.35. The van der Waals surface area contributed by atoms with Crippen molar-refractivity contribution in [2.45, 2.75) is 45.3 Å². The highest BCUT2D eigenvalue weighted by molar-refractivity contribution is 5.90. The molecule has 1 aliphatic carbocycles. The molecule has 2 aliphatic heterocycles. The topological polar surface area (TPSA) is 62.7 Å². The SMILES string of the molecule is [2H]C([2H])([2H])N1C(=O)OCc2cc(-c3cncc4c3CC[C@H]4N3CCC(CC)C3=O)ccc21. The number of hydrogen-bond donors (Lipinski definition) is 0. The van der Waals surface area contributed by atoms with Gasteiger partial charge in [0, 0.05) is 47.1 Å². The fraction of sp³-hybridized carbons (Fsp3) is 0.435. The van der Waals surface area contributed by atoms with Crippen LogP contribution in [0.3, 0.4) is 0 Å². The Kier molecular flexibility index (Phi) is 3.55. The van der Waals surface area contributed by atoms with Crippen molar-refractivity contribution in [2.75, 3.05) is 18.4 Å². The van der Waals surface area contributed by atoms with Gasteiger partial charge in [0.25, 0.3) is 0 Å². The summed E-state index contributed by atoms with van der Waals surface area (Å²) in [5, 5.41) is 0. The van der Waals surface area contributed by atoms with Crippen molar-refractivity contribution in [1.29, 1.82) is 0 Å². The van der Waals surface area contributed by atoms with Gasteiger partial charge in [-0.1, -0.05) is 13.0 Å². The van der Waals surface area contributed by atoms with Gasteiger partial charge >= 0.3 is 6.09 Å². The van der Waals surface area contributed by atoms with E-state index >= 15 is 0 Å². The molecule has 1 unspecified atom stereocenters. The first-order chi connectivity index (χ1) is 15.3. The second kappa shape index (κ2) is 6.87. The largest absolute Gasteiger partial charge is 0.444 e. The molecule has 3 heterocycles. The molecular formula is C23H25N3O3. The predicted molar refractivity (Wildman–Crippen MR) is 109 cm³/mol. The van der Waals surface area contributed by atoms with Crippen molar-refractivity contribution < 1.29 is 18.4 Å². The van der Waals surface area contributed by atoms with Gasteiger partial charge in [-0.05, 0) is 54.5 Å². The number of hydrogen-bond acceptors (Lipinski definition) is 4. The molecule has 0 spiro atoms. The molecule has 1 fully saturated rings. The first kappa shape index (κ1) is 15.0. The van der Waals surface area contributed by atoms with Crippen molar-refractivity contribution in [1.82, 2.24) is 9.88 Å². The summed E-state index contributed by atoms with van der Waals surface area (Å²) in [5.74, 6) is 0.371. The smallest absolute Gasteiger partial charge is 0.414 e. The fourth-order valence-electron chi connectivity index (χ4n) is 4.92. The molecule has 29 heavy (non-hydrogen) atoms. The zero-order valence-electron chi connectivity index (χ0n) is 19.4. The Morgan fingerprint density at radius 3 is 2.97 bits per heavy atom. The van der Waals surface area contributed by atoms with Crippen LogP contribution in [0.4, 0.5) is 10.5 Å². The second-order valence-electron chi connectivity index (χ2n) is 7.97. The van der Waals surface area contributed by atoms with Crippen LogP contribution in [0.15, 0.2) is 30.6 Å². The van der Waals surface area contributed by atoms with Gasteiger partial charge in [-0.3, -0.25) is 14.7 Å². The van der Waals surface area contributed by atoms with Crippen molar-refractivity contribution in [3.8, 4) is 11.1 Å². The van der Waals surface area contributed by atoms with Gasteiger partial charge in [-0.25, -0.2) is 4.79 Å². The minimum Gasteiger partial charge on any atom is -0.444 e. The molecule has 3 aliphatic rings. The van der Waals surface area contributed by atoms with Gasteiger partial charge in [0.2, 0.25) is 5.91 Å². The Morgan fingerprint density at radius 2 is 2.17 bits per heavy atom. The van der Waals surface area contributed by atoms with E-state index in [1.54, 1.807) is 6.07 Å². The minimum absolute atomic E-state index is 0.0281. The second-order valence-corrected chi connectivity index (χ2v) is 7.97. The molecule has 6 heteroatoms. The summed E-state index contributed by atoms with van der Waals surface area (Å²) in [5.41, 5.74) is 5.14. The van der Waals surface area contributed by atoms with Crippen LogP contribution in [0, 0.1) is 5.92 Å². The Balaban J connectivity index is 1.50. The summed E-state index contributed by atoms with van der Waals surface area (Å²) in [6.07, 6.45) is 6.35. The third kappa shape index (κ3) is 2.81. The molecule has 2 aromatic rings. The van der Waals surface area contributed by atoms with Crippen LogP contribution in [0.1, 0.15) is 53.0 Å². The summed E-state index contributed by atoms with van der Waals surface area (Å²) in [6.45, 7) is 0.269. The number of rotatable bonds is 3. The van der Waals surface area contributed by atoms with Gasteiger partial charge in [-0.15, -0.1) is 0 Å². The molecule has 0 radical (unpaired) electrons. The van der Waals surface area contributed by atoms with Crippen LogP contribution in [0.2, 0.25) is 0 Å². The van der Waals surface area contributed by atoms with E-state index in [9.17, 15) is 9.59 Å². The van der Waals surface area contributed by atoms with Crippen molar-refractivity contribution in [2.24, 2.45) is 5.92 Å². The maximum absolute atomic E-state index is 12.8. The van der Waals surface area contributed by atoms with E-state index in [1.807, 2.05) is 29.4 Å². The number of anilines is 1. The van der Waals surface area contributed by atoms with Crippen LogP contribution >= 0.6 is 0 Å². The summed E-state index contributed by atoms with van der Waals surface area (Å²) >= 11 is 0. The number of carbonyl (C=O) groups excluding carboxylic acids is 2. The predicted octanol–water partition coefficient (Wildman–Crippen LogP) is 4.08. The minimum atomic E-state index is -2.62. The van der Waals surface area contributed by atoms with Crippen LogP contribution < -0.4 is 4.90 Å². The first-order valence-corrected chi connectivity index (χ1v) is 10.2. The lowest BCUT2D eigenvalue weighted by atomic mass is 9.96. The number of aromatic nitrogens is 1. The summed E-state index contributed by atoms with van der Waals surface area (Å²) in [6, 6.07) is 5.43. The van der Waals surface area contributed by atoms with Gasteiger partial charge in [-0.2, -0.15) is 0 Å². The van der Waals surface area contributed by atoms with Gasteiger partial charge in [0.15, 0.2) is 0 Å². The lowest BCUT2D eigenvalue weighted by Crippen LogP contribution is -2.31. The number of pyridine rings is 1. The Bertz CT molecular complexity index is 1100. The molecule has 1 saturated heterocycles. The van der Waals surface area contributed by atoms with Crippen LogP contribution in [-0.4, -0.2) is 35.4 Å². The lowest BCUT2D eigenvalue weighted by Gasteiger charge is -2.26. The zero-order valence-corrected chi connectivity index (χ0v) is 16.4. The highest BCUT2D eigenvalue weighted by Gasteiger charge is 2.39. The molecule has 6 nitrogen and oxygen atoms in total. The molecule has 5 rings (SSSR count). The highest BCUT2D eigenvalue weighted by Crippen LogP contribution is 2.43. The number of fused-ring (bicyclic) bond motifs is 2. The quantitative estimate of drug-likeness (QED) is 0.787. The van der Waals surface area contributed by atoms with Gasteiger partial charge in [0.05, 0.1) is 11.7 Å². The molecule has 2 amide bonds. The molecule has 2 atom stereocenters. The monoisotopic (exact) mass is 394 g/mol. The standard InChI is InChI=1S/C23H25N3O3/c1-3-14-8-9-26(22(14)27)21-7-5-17-18(11-24-12-19(17)21)15-4-6-20-16(10-15)13-29-23(28)25(20)2/h4,6,10-12,14,21H,3,5,7-9,13H2,1-2H3/t14?,21-/m1/s1/i2D3. The summed E-state index contributed by atoms with van der Waals surface area (Å²) in [4.78, 5) is 32.1. The van der Waals surface area contributed by atoms with E-state index in [2.05, 4.69) is 11.9 Å². The number of benzene rings is 1. The van der Waals surface area contributed by atoms with Crippen LogP contribution in [0.25, 0.3) is 11.1 Å². The molecule has 1 aromatic heterocycles. The Morgan fingerprint density at radius 1 is 1.28 bits per heavy atom. The third-order valence-corrected chi connectivity index (χ3v) is 6.50. The van der Waals surface area contributed by atoms with Crippen molar-refractivity contribution in [3.05, 3.63) is 47.3 Å². The zero-order chi connectivity index (χ0) is 22.6. The maximum atomic E-state index is 12.8.